The van der Waals surface area contributed by atoms with Gasteiger partial charge in [-0.2, -0.15) is 4.98 Å². The number of thiazole rings is 1. The number of amides is 1. The van der Waals surface area contributed by atoms with Crippen LogP contribution in [0.15, 0.2) is 41.1 Å². The van der Waals surface area contributed by atoms with Crippen LogP contribution < -0.4 is 5.32 Å². The van der Waals surface area contributed by atoms with Crippen molar-refractivity contribution in [3.05, 3.63) is 46.7 Å². The zero-order chi connectivity index (χ0) is 14.7. The first-order valence-corrected chi connectivity index (χ1v) is 7.58. The van der Waals surface area contributed by atoms with E-state index < -0.39 is 6.09 Å². The van der Waals surface area contributed by atoms with E-state index >= 15 is 0 Å². The van der Waals surface area contributed by atoms with E-state index in [4.69, 9.17) is 4.74 Å². The van der Waals surface area contributed by atoms with Crippen LogP contribution in [0.1, 0.15) is 5.56 Å². The Hall–Kier alpha value is -2.06. The number of ether oxygens (including phenoxy) is 1. The monoisotopic (exact) mass is 364 g/mol. The van der Waals surface area contributed by atoms with Crippen molar-refractivity contribution in [1.82, 2.24) is 15.0 Å². The van der Waals surface area contributed by atoms with Crippen LogP contribution >= 0.6 is 27.3 Å². The van der Waals surface area contributed by atoms with E-state index in [1.165, 1.54) is 11.3 Å². The maximum absolute atomic E-state index is 11.7. The van der Waals surface area contributed by atoms with Crippen LogP contribution in [0.5, 0.6) is 0 Å². The number of nitrogens with one attached hydrogen (secondary N) is 1. The molecular formula is C13H9BrN4O2S. The summed E-state index contributed by atoms with van der Waals surface area (Å²) in [5.41, 5.74) is 1.41. The fraction of sp³-hybridized carbons (Fsp3) is 0.0769. The number of nitrogens with zero attached hydrogens (tertiary/aromatic N) is 3. The summed E-state index contributed by atoms with van der Waals surface area (Å²) >= 11 is 4.47. The molecule has 0 bridgehead atoms. The van der Waals surface area contributed by atoms with Crippen molar-refractivity contribution >= 4 is 49.0 Å². The zero-order valence-electron chi connectivity index (χ0n) is 10.6. The molecule has 3 rings (SSSR count). The Balaban J connectivity index is 1.63. The first-order valence-electron chi connectivity index (χ1n) is 5.97. The maximum Gasteiger partial charge on any atom is 0.413 e. The second-order valence-electron chi connectivity index (χ2n) is 4.03. The van der Waals surface area contributed by atoms with Gasteiger partial charge in [-0.1, -0.05) is 41.7 Å². The highest BCUT2D eigenvalue weighted by atomic mass is 79.9. The number of fused-ring (bicyclic) bond motifs is 1. The number of halogens is 1. The Morgan fingerprint density at radius 2 is 2.10 bits per heavy atom. The fourth-order valence-corrected chi connectivity index (χ4v) is 2.78. The molecule has 1 amide bonds. The normalized spacial score (nSPS) is 10.5. The molecule has 0 aliphatic heterocycles. The van der Waals surface area contributed by atoms with Crippen molar-refractivity contribution in [2.45, 2.75) is 6.61 Å². The molecule has 1 N–H and O–H groups in total. The van der Waals surface area contributed by atoms with Crippen molar-refractivity contribution in [3.63, 3.8) is 0 Å². The highest BCUT2D eigenvalue weighted by Gasteiger charge is 2.10. The average Bonchev–Trinajstić information content (AvgIpc) is 2.87. The number of hydrogen-bond acceptors (Lipinski definition) is 6. The minimum absolute atomic E-state index is 0.208. The van der Waals surface area contributed by atoms with Crippen LogP contribution in [-0.4, -0.2) is 21.0 Å². The van der Waals surface area contributed by atoms with E-state index in [2.05, 4.69) is 36.2 Å². The van der Waals surface area contributed by atoms with Crippen LogP contribution in [0.4, 0.5) is 9.93 Å². The maximum atomic E-state index is 11.7. The highest BCUT2D eigenvalue weighted by molar-refractivity contribution is 9.10. The third kappa shape index (κ3) is 3.53. The lowest BCUT2D eigenvalue weighted by molar-refractivity contribution is 0.155. The van der Waals surface area contributed by atoms with Crippen molar-refractivity contribution in [2.75, 3.05) is 5.32 Å². The van der Waals surface area contributed by atoms with Gasteiger partial charge in [-0.05, 0) is 21.5 Å². The molecule has 0 saturated carbocycles. The number of anilines is 1. The average molecular weight is 365 g/mol. The Morgan fingerprint density at radius 1 is 1.29 bits per heavy atom. The summed E-state index contributed by atoms with van der Waals surface area (Å²) in [6.07, 6.45) is 0.997. The van der Waals surface area contributed by atoms with Gasteiger partial charge < -0.3 is 4.74 Å². The highest BCUT2D eigenvalue weighted by Crippen LogP contribution is 2.24. The van der Waals surface area contributed by atoms with Gasteiger partial charge in [0.2, 0.25) is 0 Å². The van der Waals surface area contributed by atoms with E-state index in [1.54, 1.807) is 6.20 Å². The molecule has 8 heteroatoms. The molecule has 6 nitrogen and oxygen atoms in total. The number of carbonyl (C=O) groups is 1. The first-order chi connectivity index (χ1) is 10.2. The standard InChI is InChI=1S/C13H9BrN4O2S/c14-9-6-15-10-11(16-9)21-12(17-10)18-13(19)20-7-8-4-2-1-3-5-8/h1-6H,7H2,(H,15,17,18,19). The van der Waals surface area contributed by atoms with Crippen LogP contribution in [0, 0.1) is 0 Å². The molecule has 0 aliphatic carbocycles. The lowest BCUT2D eigenvalue weighted by Gasteiger charge is -2.04. The van der Waals surface area contributed by atoms with Crippen molar-refractivity contribution in [1.29, 1.82) is 0 Å². The third-order valence-corrected chi connectivity index (χ3v) is 3.75. The summed E-state index contributed by atoms with van der Waals surface area (Å²) in [4.78, 5) is 24.8. The summed E-state index contributed by atoms with van der Waals surface area (Å²) in [7, 11) is 0. The Labute approximate surface area is 132 Å². The molecular weight excluding hydrogens is 356 g/mol. The fourth-order valence-electron chi connectivity index (χ4n) is 1.60. The number of carbonyl (C=O) groups excluding carboxylic acids is 1. The molecule has 0 unspecified atom stereocenters. The van der Waals surface area contributed by atoms with Gasteiger partial charge in [-0.25, -0.2) is 14.8 Å². The van der Waals surface area contributed by atoms with E-state index in [-0.39, 0.29) is 6.61 Å². The topological polar surface area (TPSA) is 77.0 Å². The number of aromatic nitrogens is 3. The lowest BCUT2D eigenvalue weighted by Crippen LogP contribution is -2.13. The van der Waals surface area contributed by atoms with Crippen LogP contribution in [0.2, 0.25) is 0 Å². The van der Waals surface area contributed by atoms with E-state index in [0.29, 0.717) is 20.2 Å². The Kier molecular flexibility index (Phi) is 4.07. The summed E-state index contributed by atoms with van der Waals surface area (Å²) in [6, 6.07) is 9.45. The minimum Gasteiger partial charge on any atom is -0.444 e. The second-order valence-corrected chi connectivity index (χ2v) is 5.82. The number of rotatable bonds is 3. The smallest absolute Gasteiger partial charge is 0.413 e. The summed E-state index contributed by atoms with van der Waals surface area (Å²) < 4.78 is 5.74. The van der Waals surface area contributed by atoms with Gasteiger partial charge in [0.25, 0.3) is 0 Å². The molecule has 0 fully saturated rings. The summed E-state index contributed by atoms with van der Waals surface area (Å²) in [6.45, 7) is 0.208. The van der Waals surface area contributed by atoms with Gasteiger partial charge in [-0.3, -0.25) is 5.32 Å². The van der Waals surface area contributed by atoms with Gasteiger partial charge in [0, 0.05) is 0 Å². The Morgan fingerprint density at radius 3 is 2.90 bits per heavy atom. The molecule has 1 aromatic carbocycles. The molecule has 21 heavy (non-hydrogen) atoms. The molecule has 2 aromatic heterocycles. The molecule has 3 aromatic rings. The van der Waals surface area contributed by atoms with Gasteiger partial charge in [0.15, 0.2) is 15.6 Å². The van der Waals surface area contributed by atoms with Crippen LogP contribution in [0.25, 0.3) is 10.5 Å². The largest absolute Gasteiger partial charge is 0.444 e. The molecule has 0 spiro atoms. The van der Waals surface area contributed by atoms with Gasteiger partial charge >= 0.3 is 6.09 Å². The van der Waals surface area contributed by atoms with Crippen molar-refractivity contribution < 1.29 is 9.53 Å². The second kappa shape index (κ2) is 6.15. The van der Waals surface area contributed by atoms with E-state index in [9.17, 15) is 4.79 Å². The Bertz CT molecular complexity index is 778. The van der Waals surface area contributed by atoms with Gasteiger partial charge in [-0.15, -0.1) is 0 Å². The van der Waals surface area contributed by atoms with E-state index in [1.807, 2.05) is 30.3 Å². The van der Waals surface area contributed by atoms with Crippen LogP contribution in [-0.2, 0) is 11.3 Å². The molecule has 0 radical (unpaired) electrons. The molecule has 0 aliphatic rings. The van der Waals surface area contributed by atoms with Crippen molar-refractivity contribution in [3.8, 4) is 0 Å². The zero-order valence-corrected chi connectivity index (χ0v) is 13.0. The molecule has 2 heterocycles. The predicted molar refractivity (Wildman–Crippen MR) is 83.2 cm³/mol. The molecule has 0 atom stereocenters. The SMILES string of the molecule is O=C(Nc1nc2ncc(Br)nc2s1)OCc1ccccc1. The number of hydrogen-bond donors (Lipinski definition) is 1. The van der Waals surface area contributed by atoms with Crippen LogP contribution in [0.3, 0.4) is 0 Å². The first kappa shape index (κ1) is 13.9. The summed E-state index contributed by atoms with van der Waals surface area (Å²) in [5.74, 6) is 0. The van der Waals surface area contributed by atoms with Gasteiger partial charge in [0.1, 0.15) is 11.2 Å². The molecule has 0 saturated heterocycles. The quantitative estimate of drug-likeness (QED) is 0.768. The third-order valence-electron chi connectivity index (χ3n) is 2.52. The number of benzene rings is 1. The van der Waals surface area contributed by atoms with E-state index in [0.717, 1.165) is 5.56 Å². The summed E-state index contributed by atoms with van der Waals surface area (Å²) in [5, 5.41) is 2.98. The minimum atomic E-state index is -0.558. The lowest BCUT2D eigenvalue weighted by atomic mass is 10.2. The molecule has 106 valence electrons. The predicted octanol–water partition coefficient (Wildman–Crippen LogP) is 3.60. The van der Waals surface area contributed by atoms with Gasteiger partial charge in [0.05, 0.1) is 6.20 Å². The van der Waals surface area contributed by atoms with Crippen molar-refractivity contribution in [2.24, 2.45) is 0 Å².